The van der Waals surface area contributed by atoms with Crippen molar-refractivity contribution in [3.63, 3.8) is 0 Å². The van der Waals surface area contributed by atoms with Crippen LogP contribution >= 0.6 is 22.6 Å². The third kappa shape index (κ3) is 1.48. The normalized spacial score (nSPS) is 18.2. The molecule has 0 spiro atoms. The SMILES string of the molecule is O=C1/C(=C/I)COc2ccccc21. The second-order valence-corrected chi connectivity index (χ2v) is 3.37. The third-order valence-electron chi connectivity index (χ3n) is 1.94. The van der Waals surface area contributed by atoms with Crippen molar-refractivity contribution in [2.75, 3.05) is 6.61 Å². The molecule has 0 saturated heterocycles. The first-order valence-electron chi connectivity index (χ1n) is 3.88. The molecule has 1 aromatic rings. The first kappa shape index (κ1) is 8.74. The van der Waals surface area contributed by atoms with Crippen molar-refractivity contribution in [3.05, 3.63) is 39.5 Å². The second-order valence-electron chi connectivity index (χ2n) is 2.75. The van der Waals surface area contributed by atoms with E-state index in [2.05, 4.69) is 22.6 Å². The molecular weight excluding hydrogens is 279 g/mol. The van der Waals surface area contributed by atoms with Gasteiger partial charge in [0.15, 0.2) is 5.78 Å². The summed E-state index contributed by atoms with van der Waals surface area (Å²) in [7, 11) is 0. The Kier molecular flexibility index (Phi) is 2.35. The lowest BCUT2D eigenvalue weighted by molar-refractivity contribution is 0.1000. The van der Waals surface area contributed by atoms with Crippen LogP contribution < -0.4 is 4.74 Å². The highest BCUT2D eigenvalue weighted by Crippen LogP contribution is 2.26. The van der Waals surface area contributed by atoms with Crippen LogP contribution in [0, 0.1) is 0 Å². The van der Waals surface area contributed by atoms with Crippen LogP contribution in [0.5, 0.6) is 5.75 Å². The predicted molar refractivity (Wildman–Crippen MR) is 58.4 cm³/mol. The molecule has 1 heterocycles. The van der Waals surface area contributed by atoms with Crippen LogP contribution in [0.3, 0.4) is 0 Å². The molecule has 13 heavy (non-hydrogen) atoms. The Morgan fingerprint density at radius 3 is 2.92 bits per heavy atom. The van der Waals surface area contributed by atoms with Gasteiger partial charge in [0, 0.05) is 5.57 Å². The average Bonchev–Trinajstić information content (AvgIpc) is 2.19. The first-order valence-corrected chi connectivity index (χ1v) is 5.13. The molecule has 1 aliphatic rings. The summed E-state index contributed by atoms with van der Waals surface area (Å²) in [5.74, 6) is 0.769. The number of hydrogen-bond donors (Lipinski definition) is 0. The Balaban J connectivity index is 2.51. The molecule has 1 aromatic carbocycles. The van der Waals surface area contributed by atoms with Crippen molar-refractivity contribution < 1.29 is 9.53 Å². The Morgan fingerprint density at radius 2 is 2.15 bits per heavy atom. The van der Waals surface area contributed by atoms with Gasteiger partial charge in [-0.2, -0.15) is 0 Å². The van der Waals surface area contributed by atoms with Crippen molar-refractivity contribution in [2.24, 2.45) is 0 Å². The molecule has 0 aromatic heterocycles. The second kappa shape index (κ2) is 3.49. The summed E-state index contributed by atoms with van der Waals surface area (Å²) in [6.07, 6.45) is 0. The van der Waals surface area contributed by atoms with Gasteiger partial charge in [-0.25, -0.2) is 0 Å². The van der Waals surface area contributed by atoms with Gasteiger partial charge in [0.05, 0.1) is 5.56 Å². The molecule has 0 aliphatic carbocycles. The summed E-state index contributed by atoms with van der Waals surface area (Å²) in [4.78, 5) is 11.7. The van der Waals surface area contributed by atoms with Crippen molar-refractivity contribution in [3.8, 4) is 5.75 Å². The summed E-state index contributed by atoms with van der Waals surface area (Å²) in [5, 5.41) is 0. The van der Waals surface area contributed by atoms with Gasteiger partial charge in [-0.05, 0) is 16.2 Å². The predicted octanol–water partition coefficient (Wildman–Crippen LogP) is 2.58. The maximum Gasteiger partial charge on any atom is 0.196 e. The van der Waals surface area contributed by atoms with Crippen molar-refractivity contribution in [2.45, 2.75) is 0 Å². The van der Waals surface area contributed by atoms with Crippen LogP contribution in [0.15, 0.2) is 33.9 Å². The van der Waals surface area contributed by atoms with E-state index in [1.165, 1.54) is 0 Å². The molecule has 2 nitrogen and oxygen atoms in total. The number of ether oxygens (including phenoxy) is 1. The van der Waals surface area contributed by atoms with Crippen molar-refractivity contribution >= 4 is 28.4 Å². The van der Waals surface area contributed by atoms with Gasteiger partial charge < -0.3 is 4.74 Å². The molecule has 0 amide bonds. The fourth-order valence-corrected chi connectivity index (χ4v) is 1.72. The maximum atomic E-state index is 11.7. The quantitative estimate of drug-likeness (QED) is 0.541. The van der Waals surface area contributed by atoms with E-state index in [1.807, 2.05) is 18.2 Å². The number of benzene rings is 1. The average molecular weight is 286 g/mol. The lowest BCUT2D eigenvalue weighted by atomic mass is 10.0. The van der Waals surface area contributed by atoms with Crippen LogP contribution in [0.25, 0.3) is 0 Å². The van der Waals surface area contributed by atoms with Gasteiger partial charge in [0.2, 0.25) is 0 Å². The number of hydrogen-bond acceptors (Lipinski definition) is 2. The van der Waals surface area contributed by atoms with Gasteiger partial charge in [0.25, 0.3) is 0 Å². The molecule has 0 saturated carbocycles. The molecule has 0 bridgehead atoms. The van der Waals surface area contributed by atoms with Crippen molar-refractivity contribution in [1.29, 1.82) is 0 Å². The molecule has 2 rings (SSSR count). The highest BCUT2D eigenvalue weighted by molar-refractivity contribution is 14.1. The largest absolute Gasteiger partial charge is 0.488 e. The Bertz CT molecular complexity index is 382. The fourth-order valence-electron chi connectivity index (χ4n) is 1.26. The highest BCUT2D eigenvalue weighted by atomic mass is 127. The van der Waals surface area contributed by atoms with Crippen LogP contribution in [-0.2, 0) is 0 Å². The zero-order valence-corrected chi connectivity index (χ0v) is 8.95. The van der Waals surface area contributed by atoms with E-state index in [0.717, 1.165) is 5.57 Å². The molecule has 0 fully saturated rings. The van der Waals surface area contributed by atoms with Gasteiger partial charge in [0.1, 0.15) is 12.4 Å². The van der Waals surface area contributed by atoms with E-state index in [9.17, 15) is 4.79 Å². The zero-order chi connectivity index (χ0) is 9.26. The number of ketones is 1. The number of rotatable bonds is 0. The Labute approximate surface area is 89.7 Å². The lowest BCUT2D eigenvalue weighted by Crippen LogP contribution is -2.18. The van der Waals surface area contributed by atoms with Gasteiger partial charge in [-0.3, -0.25) is 4.79 Å². The van der Waals surface area contributed by atoms with Gasteiger partial charge in [-0.15, -0.1) is 0 Å². The first-order chi connectivity index (χ1) is 6.33. The number of carbonyl (C=O) groups is 1. The zero-order valence-electron chi connectivity index (χ0n) is 6.79. The molecule has 0 radical (unpaired) electrons. The fraction of sp³-hybridized carbons (Fsp3) is 0.100. The minimum atomic E-state index is 0.0799. The number of carbonyl (C=O) groups excluding carboxylic acids is 1. The van der Waals surface area contributed by atoms with Gasteiger partial charge in [-0.1, -0.05) is 34.7 Å². The summed E-state index contributed by atoms with van der Waals surface area (Å²) in [6.45, 7) is 0.388. The van der Waals surface area contributed by atoms with Crippen molar-refractivity contribution in [1.82, 2.24) is 0 Å². The topological polar surface area (TPSA) is 26.3 Å². The van der Waals surface area contributed by atoms with Crippen LogP contribution in [0.4, 0.5) is 0 Å². The maximum absolute atomic E-state index is 11.7. The summed E-state index contributed by atoms with van der Waals surface area (Å²) < 4.78 is 7.18. The van der Waals surface area contributed by atoms with E-state index in [-0.39, 0.29) is 5.78 Å². The third-order valence-corrected chi connectivity index (χ3v) is 2.69. The summed E-state index contributed by atoms with van der Waals surface area (Å²) in [5.41, 5.74) is 1.39. The number of fused-ring (bicyclic) bond motifs is 1. The molecule has 0 unspecified atom stereocenters. The van der Waals surface area contributed by atoms with Crippen LogP contribution in [0.1, 0.15) is 10.4 Å². The Morgan fingerprint density at radius 1 is 1.38 bits per heavy atom. The molecule has 66 valence electrons. The minimum Gasteiger partial charge on any atom is -0.488 e. The van der Waals surface area contributed by atoms with E-state index in [1.54, 1.807) is 10.1 Å². The number of halogens is 1. The molecule has 0 N–H and O–H groups in total. The van der Waals surface area contributed by atoms with E-state index >= 15 is 0 Å². The van der Waals surface area contributed by atoms with E-state index < -0.39 is 0 Å². The summed E-state index contributed by atoms with van der Waals surface area (Å²) >= 11 is 2.06. The minimum absolute atomic E-state index is 0.0799. The smallest absolute Gasteiger partial charge is 0.196 e. The van der Waals surface area contributed by atoms with Crippen LogP contribution in [0.2, 0.25) is 0 Å². The van der Waals surface area contributed by atoms with E-state index in [4.69, 9.17) is 4.74 Å². The monoisotopic (exact) mass is 286 g/mol. The highest BCUT2D eigenvalue weighted by Gasteiger charge is 2.21. The molecule has 1 aliphatic heterocycles. The lowest BCUT2D eigenvalue weighted by Gasteiger charge is -2.17. The number of Topliss-reactive ketones (excluding diaryl/α,β-unsaturated/α-hetero) is 1. The molecule has 0 atom stereocenters. The molecular formula is C10H7IO2. The number of para-hydroxylation sites is 1. The molecule has 3 heteroatoms. The van der Waals surface area contributed by atoms with E-state index in [0.29, 0.717) is 17.9 Å². The van der Waals surface area contributed by atoms with Crippen LogP contribution in [-0.4, -0.2) is 12.4 Å². The van der Waals surface area contributed by atoms with Gasteiger partial charge >= 0.3 is 0 Å². The summed E-state index contributed by atoms with van der Waals surface area (Å²) in [6, 6.07) is 7.31. The standard InChI is InChI=1S/C10H7IO2/c11-5-7-6-13-9-4-2-1-3-8(9)10(7)12/h1-5H,6H2/b7-5+. The Hall–Kier alpha value is -0.840.